The van der Waals surface area contributed by atoms with E-state index in [-0.39, 0.29) is 0 Å². The fourth-order valence-corrected chi connectivity index (χ4v) is 3.99. The molecule has 0 spiro atoms. The first-order valence-corrected chi connectivity index (χ1v) is 8.28. The largest absolute Gasteiger partial charge is 0.332 e. The third-order valence-electron chi connectivity index (χ3n) is 3.60. The van der Waals surface area contributed by atoms with Gasteiger partial charge < -0.3 is 4.90 Å². The number of hydrogen-bond donors (Lipinski definition) is 0. The second kappa shape index (κ2) is 6.46. The Morgan fingerprint density at radius 2 is 1.62 bits per heavy atom. The maximum absolute atomic E-state index is 5.69. The summed E-state index contributed by atoms with van der Waals surface area (Å²) in [4.78, 5) is 5.79. The predicted molar refractivity (Wildman–Crippen MR) is 96.0 cm³/mol. The van der Waals surface area contributed by atoms with E-state index in [2.05, 4.69) is 60.4 Å². The second-order valence-corrected chi connectivity index (χ2v) is 6.67. The van der Waals surface area contributed by atoms with Crippen molar-refractivity contribution in [3.8, 4) is 0 Å². The molecule has 0 aromatic heterocycles. The van der Waals surface area contributed by atoms with E-state index in [4.69, 9.17) is 12.2 Å². The van der Waals surface area contributed by atoms with Crippen molar-refractivity contribution in [3.63, 3.8) is 0 Å². The number of nitrogens with zero attached hydrogens (tertiary/aromatic N) is 1. The molecule has 21 heavy (non-hydrogen) atoms. The highest BCUT2D eigenvalue weighted by Crippen LogP contribution is 2.34. The lowest BCUT2D eigenvalue weighted by molar-refractivity contribution is 1.02. The Labute approximate surface area is 135 Å². The summed E-state index contributed by atoms with van der Waals surface area (Å²) >= 11 is 7.50. The van der Waals surface area contributed by atoms with Gasteiger partial charge in [-0.15, -0.1) is 0 Å². The summed E-state index contributed by atoms with van der Waals surface area (Å²) in [5, 5.41) is 0. The number of para-hydroxylation sites is 1. The zero-order chi connectivity index (χ0) is 14.7. The van der Waals surface area contributed by atoms with E-state index in [0.29, 0.717) is 0 Å². The molecule has 1 fully saturated rings. The van der Waals surface area contributed by atoms with Crippen molar-refractivity contribution in [2.24, 2.45) is 0 Å². The van der Waals surface area contributed by atoms with Gasteiger partial charge in [0.2, 0.25) is 0 Å². The summed E-state index contributed by atoms with van der Waals surface area (Å²) < 4.78 is 0. The van der Waals surface area contributed by atoms with Crippen molar-refractivity contribution < 1.29 is 0 Å². The van der Waals surface area contributed by atoms with E-state index in [0.717, 1.165) is 18.0 Å². The van der Waals surface area contributed by atoms with Crippen LogP contribution in [0.4, 0.5) is 5.69 Å². The van der Waals surface area contributed by atoms with Gasteiger partial charge in [0.05, 0.1) is 0 Å². The topological polar surface area (TPSA) is 3.24 Å². The Balaban J connectivity index is 1.81. The minimum Gasteiger partial charge on any atom is -0.332 e. The molecule has 2 aromatic rings. The van der Waals surface area contributed by atoms with Crippen molar-refractivity contribution >= 4 is 34.7 Å². The third-order valence-corrected chi connectivity index (χ3v) is 5.12. The molecule has 106 valence electrons. The summed E-state index contributed by atoms with van der Waals surface area (Å²) in [5.41, 5.74) is 2.50. The highest BCUT2D eigenvalue weighted by Gasteiger charge is 2.25. The fourth-order valence-electron chi connectivity index (χ4n) is 2.50. The average Bonchev–Trinajstić information content (AvgIpc) is 2.91. The molecule has 1 aliphatic rings. The molecular formula is C18H17NS2. The number of benzene rings is 2. The molecule has 0 unspecified atom stereocenters. The Morgan fingerprint density at radius 1 is 1.00 bits per heavy atom. The van der Waals surface area contributed by atoms with Crippen molar-refractivity contribution in [1.82, 2.24) is 0 Å². The molecule has 0 N–H and O–H groups in total. The van der Waals surface area contributed by atoms with Gasteiger partial charge in [0, 0.05) is 17.1 Å². The molecule has 0 atom stereocenters. The highest BCUT2D eigenvalue weighted by atomic mass is 32.2. The molecule has 1 heterocycles. The van der Waals surface area contributed by atoms with E-state index >= 15 is 0 Å². The number of thioether (sulfide) groups is 1. The van der Waals surface area contributed by atoms with Gasteiger partial charge in [-0.1, -0.05) is 60.4 Å². The Hall–Kier alpha value is -1.58. The van der Waals surface area contributed by atoms with E-state index < -0.39 is 0 Å². The maximum Gasteiger partial charge on any atom is 0.110 e. The van der Waals surface area contributed by atoms with Gasteiger partial charge in [-0.25, -0.2) is 0 Å². The van der Waals surface area contributed by atoms with E-state index in [1.54, 1.807) is 0 Å². The quantitative estimate of drug-likeness (QED) is 0.431. The number of rotatable bonds is 3. The third kappa shape index (κ3) is 3.20. The molecule has 0 aliphatic carbocycles. The van der Waals surface area contributed by atoms with Gasteiger partial charge in [-0.05, 0) is 48.1 Å². The van der Waals surface area contributed by atoms with Gasteiger partial charge in [-0.2, -0.15) is 0 Å². The SMILES string of the molecule is CC(Sc1ccccc1)=C1CCN(c2ccccc2)C1=S. The monoisotopic (exact) mass is 311 g/mol. The molecule has 3 rings (SSSR count). The van der Waals surface area contributed by atoms with Gasteiger partial charge in [0.25, 0.3) is 0 Å². The van der Waals surface area contributed by atoms with Crippen molar-refractivity contribution in [1.29, 1.82) is 0 Å². The molecule has 2 aromatic carbocycles. The first-order chi connectivity index (χ1) is 10.3. The Kier molecular flexibility index (Phi) is 4.42. The molecular weight excluding hydrogens is 294 g/mol. The number of anilines is 1. The molecule has 3 heteroatoms. The zero-order valence-electron chi connectivity index (χ0n) is 12.0. The van der Waals surface area contributed by atoms with Crippen LogP contribution in [0.15, 0.2) is 76.0 Å². The summed E-state index contributed by atoms with van der Waals surface area (Å²) in [6, 6.07) is 20.9. The number of hydrogen-bond acceptors (Lipinski definition) is 2. The van der Waals surface area contributed by atoms with Crippen LogP contribution in [0.2, 0.25) is 0 Å². The molecule has 0 amide bonds. The van der Waals surface area contributed by atoms with Crippen LogP contribution in [-0.2, 0) is 0 Å². The van der Waals surface area contributed by atoms with E-state index in [9.17, 15) is 0 Å². The molecule has 1 aliphatic heterocycles. The van der Waals surface area contributed by atoms with Crippen LogP contribution in [0.5, 0.6) is 0 Å². The summed E-state index contributed by atoms with van der Waals surface area (Å²) in [5.74, 6) is 0. The summed E-state index contributed by atoms with van der Waals surface area (Å²) in [6.07, 6.45) is 1.03. The molecule has 1 nitrogen and oxygen atoms in total. The van der Waals surface area contributed by atoms with Gasteiger partial charge in [0.1, 0.15) is 4.99 Å². The van der Waals surface area contributed by atoms with Crippen LogP contribution in [-0.4, -0.2) is 11.5 Å². The van der Waals surface area contributed by atoms with E-state index in [1.807, 2.05) is 23.9 Å². The molecule has 0 saturated carbocycles. The lowest BCUT2D eigenvalue weighted by Crippen LogP contribution is -2.22. The molecule has 0 radical (unpaired) electrons. The first-order valence-electron chi connectivity index (χ1n) is 7.05. The summed E-state index contributed by atoms with van der Waals surface area (Å²) in [6.45, 7) is 3.15. The zero-order valence-corrected chi connectivity index (χ0v) is 13.6. The number of thiocarbonyl (C=S) groups is 1. The summed E-state index contributed by atoms with van der Waals surface area (Å²) in [7, 11) is 0. The lowest BCUT2D eigenvalue weighted by Gasteiger charge is -2.18. The van der Waals surface area contributed by atoms with Gasteiger partial charge in [-0.3, -0.25) is 0 Å². The highest BCUT2D eigenvalue weighted by molar-refractivity contribution is 8.03. The van der Waals surface area contributed by atoms with Crippen LogP contribution < -0.4 is 4.90 Å². The lowest BCUT2D eigenvalue weighted by atomic mass is 10.2. The molecule has 0 bridgehead atoms. The van der Waals surface area contributed by atoms with Crippen LogP contribution >= 0.6 is 24.0 Å². The average molecular weight is 311 g/mol. The fraction of sp³-hybridized carbons (Fsp3) is 0.167. The number of allylic oxidation sites excluding steroid dienone is 1. The van der Waals surface area contributed by atoms with Crippen molar-refractivity contribution in [2.75, 3.05) is 11.4 Å². The van der Waals surface area contributed by atoms with Gasteiger partial charge >= 0.3 is 0 Å². The minimum absolute atomic E-state index is 0.974. The predicted octanol–water partition coefficient (Wildman–Crippen LogP) is 5.29. The Morgan fingerprint density at radius 3 is 2.29 bits per heavy atom. The van der Waals surface area contributed by atoms with Crippen molar-refractivity contribution in [3.05, 3.63) is 71.1 Å². The molecule has 1 saturated heterocycles. The maximum atomic E-state index is 5.69. The smallest absolute Gasteiger partial charge is 0.110 e. The normalized spacial score (nSPS) is 17.2. The first kappa shape index (κ1) is 14.4. The standard InChI is InChI=1S/C18H17NS2/c1-14(21-16-10-6-3-7-11-16)17-12-13-19(18(17)20)15-8-4-2-5-9-15/h2-11H,12-13H2,1H3. The van der Waals surface area contributed by atoms with Crippen LogP contribution in [0.3, 0.4) is 0 Å². The van der Waals surface area contributed by atoms with Crippen LogP contribution in [0, 0.1) is 0 Å². The van der Waals surface area contributed by atoms with Crippen LogP contribution in [0.25, 0.3) is 0 Å². The van der Waals surface area contributed by atoms with E-state index in [1.165, 1.54) is 21.1 Å². The van der Waals surface area contributed by atoms with Gasteiger partial charge in [0.15, 0.2) is 0 Å². The second-order valence-electron chi connectivity index (χ2n) is 4.99. The van der Waals surface area contributed by atoms with Crippen LogP contribution in [0.1, 0.15) is 13.3 Å². The minimum atomic E-state index is 0.974. The van der Waals surface area contributed by atoms with Crippen molar-refractivity contribution in [2.45, 2.75) is 18.2 Å². The Bertz CT molecular complexity index is 662.